The first-order chi connectivity index (χ1) is 13.5. The minimum Gasteiger partial charge on any atom is -0.308 e. The smallest absolute Gasteiger partial charge is 0.265 e. The largest absolute Gasteiger partial charge is 0.308 e. The fraction of sp³-hybridized carbons (Fsp3) is 0.190. The summed E-state index contributed by atoms with van der Waals surface area (Å²) in [6.45, 7) is 0.0156. The molecule has 0 unspecified atom stereocenters. The highest BCUT2D eigenvalue weighted by Crippen LogP contribution is 2.42. The summed E-state index contributed by atoms with van der Waals surface area (Å²) in [5.74, 6) is -0.889. The second kappa shape index (κ2) is 6.04. The predicted molar refractivity (Wildman–Crippen MR) is 106 cm³/mol. The van der Waals surface area contributed by atoms with Gasteiger partial charge in [-0.15, -0.1) is 0 Å². The Labute approximate surface area is 162 Å². The van der Waals surface area contributed by atoms with Crippen LogP contribution in [0.1, 0.15) is 12.0 Å². The summed E-state index contributed by atoms with van der Waals surface area (Å²) in [4.78, 5) is 14.7. The molecule has 0 atom stereocenters. The van der Waals surface area contributed by atoms with Crippen LogP contribution in [0.2, 0.25) is 0 Å². The SMILES string of the molecule is O=C(CN1c2cccc3cccc(c23)S1(=O)=O)N1CCCc2cccc(F)c21. The van der Waals surface area contributed by atoms with E-state index in [1.54, 1.807) is 36.4 Å². The van der Waals surface area contributed by atoms with E-state index >= 15 is 0 Å². The molecule has 0 aliphatic carbocycles. The highest BCUT2D eigenvalue weighted by Gasteiger charge is 2.38. The van der Waals surface area contributed by atoms with Crippen molar-refractivity contribution in [2.75, 3.05) is 22.3 Å². The number of halogens is 1. The van der Waals surface area contributed by atoms with E-state index in [1.807, 2.05) is 12.1 Å². The highest BCUT2D eigenvalue weighted by molar-refractivity contribution is 7.93. The minimum absolute atomic E-state index is 0.207. The van der Waals surface area contributed by atoms with Gasteiger partial charge < -0.3 is 4.90 Å². The van der Waals surface area contributed by atoms with Crippen molar-refractivity contribution in [3.05, 3.63) is 66.0 Å². The van der Waals surface area contributed by atoms with Crippen molar-refractivity contribution in [1.82, 2.24) is 0 Å². The molecule has 2 aliphatic rings. The molecule has 0 bridgehead atoms. The zero-order valence-electron chi connectivity index (χ0n) is 14.9. The van der Waals surface area contributed by atoms with Crippen molar-refractivity contribution >= 4 is 38.1 Å². The lowest BCUT2D eigenvalue weighted by Crippen LogP contribution is -2.44. The molecule has 142 valence electrons. The molecule has 0 saturated heterocycles. The van der Waals surface area contributed by atoms with E-state index in [0.29, 0.717) is 30.5 Å². The number of carbonyl (C=O) groups excluding carboxylic acids is 1. The van der Waals surface area contributed by atoms with Gasteiger partial charge in [0.1, 0.15) is 12.4 Å². The summed E-state index contributed by atoms with van der Waals surface area (Å²) in [5, 5.41) is 1.44. The summed E-state index contributed by atoms with van der Waals surface area (Å²) in [6.07, 6.45) is 1.41. The number of para-hydroxylation sites is 1. The van der Waals surface area contributed by atoms with Gasteiger partial charge in [-0.25, -0.2) is 12.8 Å². The van der Waals surface area contributed by atoms with Crippen molar-refractivity contribution in [3.8, 4) is 0 Å². The lowest BCUT2D eigenvalue weighted by Gasteiger charge is -2.31. The number of fused-ring (bicyclic) bond motifs is 1. The number of benzene rings is 3. The highest BCUT2D eigenvalue weighted by atomic mass is 32.2. The normalized spacial score (nSPS) is 17.0. The molecule has 2 heterocycles. The Bertz CT molecular complexity index is 1230. The number of nitrogens with zero attached hydrogens (tertiary/aromatic N) is 2. The van der Waals surface area contributed by atoms with Crippen LogP contribution in [-0.2, 0) is 21.2 Å². The van der Waals surface area contributed by atoms with E-state index in [0.717, 1.165) is 15.3 Å². The third-order valence-electron chi connectivity index (χ3n) is 5.43. The summed E-state index contributed by atoms with van der Waals surface area (Å²) in [7, 11) is -3.83. The molecule has 5 rings (SSSR count). The van der Waals surface area contributed by atoms with Crippen LogP contribution < -0.4 is 9.21 Å². The van der Waals surface area contributed by atoms with Gasteiger partial charge in [0, 0.05) is 11.9 Å². The lowest BCUT2D eigenvalue weighted by molar-refractivity contribution is -0.117. The van der Waals surface area contributed by atoms with E-state index in [9.17, 15) is 17.6 Å². The molecule has 28 heavy (non-hydrogen) atoms. The zero-order valence-corrected chi connectivity index (χ0v) is 15.7. The molecule has 0 saturated carbocycles. The molecule has 0 aromatic heterocycles. The monoisotopic (exact) mass is 396 g/mol. The van der Waals surface area contributed by atoms with Crippen LogP contribution in [0.5, 0.6) is 0 Å². The van der Waals surface area contributed by atoms with E-state index in [1.165, 1.54) is 11.0 Å². The van der Waals surface area contributed by atoms with Gasteiger partial charge in [0.05, 0.1) is 16.3 Å². The standard InChI is InChI=1S/C21H17FN2O3S/c22-16-9-1-7-15-8-4-12-23(21(15)16)19(25)13-24-17-10-2-5-14-6-3-11-18(20(14)17)28(24,26)27/h1-3,5-7,9-11H,4,8,12-13H2. The number of anilines is 2. The minimum atomic E-state index is -3.83. The Morgan fingerprint density at radius 1 is 1.04 bits per heavy atom. The van der Waals surface area contributed by atoms with Crippen molar-refractivity contribution in [3.63, 3.8) is 0 Å². The quantitative estimate of drug-likeness (QED) is 0.667. The zero-order chi connectivity index (χ0) is 19.5. The number of sulfonamides is 1. The molecule has 1 amide bonds. The van der Waals surface area contributed by atoms with E-state index in [-0.39, 0.29) is 17.1 Å². The van der Waals surface area contributed by atoms with Gasteiger partial charge in [0.25, 0.3) is 10.0 Å². The Kier molecular flexibility index (Phi) is 3.71. The van der Waals surface area contributed by atoms with Crippen LogP contribution in [0.15, 0.2) is 59.5 Å². The molecule has 0 N–H and O–H groups in total. The summed E-state index contributed by atoms with van der Waals surface area (Å²) in [6, 6.07) is 15.2. The van der Waals surface area contributed by atoms with Gasteiger partial charge in [0.2, 0.25) is 5.91 Å². The number of aryl methyl sites for hydroxylation is 1. The van der Waals surface area contributed by atoms with Crippen LogP contribution >= 0.6 is 0 Å². The lowest BCUT2D eigenvalue weighted by atomic mass is 10.0. The number of hydrogen-bond acceptors (Lipinski definition) is 3. The molecular weight excluding hydrogens is 379 g/mol. The third-order valence-corrected chi connectivity index (χ3v) is 7.23. The van der Waals surface area contributed by atoms with E-state index in [4.69, 9.17) is 0 Å². The summed E-state index contributed by atoms with van der Waals surface area (Å²) >= 11 is 0. The fourth-order valence-corrected chi connectivity index (χ4v) is 5.85. The van der Waals surface area contributed by atoms with Crippen LogP contribution in [0.25, 0.3) is 10.8 Å². The Hall–Kier alpha value is -2.93. The molecule has 0 radical (unpaired) electrons. The summed E-state index contributed by atoms with van der Waals surface area (Å²) in [5.41, 5.74) is 1.53. The molecule has 3 aromatic rings. The number of rotatable bonds is 2. The van der Waals surface area contributed by atoms with Gasteiger partial charge >= 0.3 is 0 Å². The first-order valence-corrected chi connectivity index (χ1v) is 10.5. The molecule has 7 heteroatoms. The average Bonchev–Trinajstić information content (AvgIpc) is 2.91. The van der Waals surface area contributed by atoms with E-state index < -0.39 is 21.7 Å². The topological polar surface area (TPSA) is 57.7 Å². The predicted octanol–water partition coefficient (Wildman–Crippen LogP) is 3.47. The van der Waals surface area contributed by atoms with Gasteiger partial charge in [-0.05, 0) is 42.0 Å². The molecule has 0 spiro atoms. The maximum atomic E-state index is 14.4. The Morgan fingerprint density at radius 2 is 1.79 bits per heavy atom. The summed E-state index contributed by atoms with van der Waals surface area (Å²) < 4.78 is 41.7. The molecule has 0 fully saturated rings. The molecule has 2 aliphatic heterocycles. The van der Waals surface area contributed by atoms with Crippen molar-refractivity contribution in [2.45, 2.75) is 17.7 Å². The Morgan fingerprint density at radius 3 is 2.61 bits per heavy atom. The van der Waals surface area contributed by atoms with Gasteiger partial charge in [-0.2, -0.15) is 0 Å². The maximum absolute atomic E-state index is 14.4. The fourth-order valence-electron chi connectivity index (χ4n) is 4.19. The van der Waals surface area contributed by atoms with Gasteiger partial charge in [-0.3, -0.25) is 9.10 Å². The number of carbonyl (C=O) groups is 1. The van der Waals surface area contributed by atoms with Crippen molar-refractivity contribution in [1.29, 1.82) is 0 Å². The Balaban J connectivity index is 1.55. The number of amides is 1. The second-order valence-corrected chi connectivity index (χ2v) is 8.87. The van der Waals surface area contributed by atoms with E-state index in [2.05, 4.69) is 0 Å². The van der Waals surface area contributed by atoms with Crippen LogP contribution in [0.4, 0.5) is 15.8 Å². The molecule has 3 aromatic carbocycles. The van der Waals surface area contributed by atoms with Gasteiger partial charge in [-0.1, -0.05) is 36.4 Å². The first kappa shape index (κ1) is 17.2. The third kappa shape index (κ3) is 2.36. The molecular formula is C21H17FN2O3S. The average molecular weight is 396 g/mol. The maximum Gasteiger partial charge on any atom is 0.265 e. The van der Waals surface area contributed by atoms with Crippen molar-refractivity contribution in [2.24, 2.45) is 0 Å². The first-order valence-electron chi connectivity index (χ1n) is 9.11. The number of hydrogen-bond donors (Lipinski definition) is 0. The van der Waals surface area contributed by atoms with Crippen LogP contribution in [0, 0.1) is 5.82 Å². The van der Waals surface area contributed by atoms with Crippen LogP contribution in [0.3, 0.4) is 0 Å². The second-order valence-electron chi connectivity index (χ2n) is 7.04. The molecule has 5 nitrogen and oxygen atoms in total. The van der Waals surface area contributed by atoms with Gasteiger partial charge in [0.15, 0.2) is 0 Å². The van der Waals surface area contributed by atoms with Crippen LogP contribution in [-0.4, -0.2) is 27.4 Å². The van der Waals surface area contributed by atoms with Crippen molar-refractivity contribution < 1.29 is 17.6 Å².